The average molecular weight is 428 g/mol. The molecule has 1 aromatic heterocycles. The van der Waals surface area contributed by atoms with Crippen LogP contribution in [0.3, 0.4) is 0 Å². The number of hydrogen-bond acceptors (Lipinski definition) is 6. The van der Waals surface area contributed by atoms with Crippen molar-refractivity contribution in [3.8, 4) is 5.75 Å². The van der Waals surface area contributed by atoms with E-state index in [-0.39, 0.29) is 29.9 Å². The van der Waals surface area contributed by atoms with Gasteiger partial charge in [-0.25, -0.2) is 4.98 Å². The second-order valence-electron chi connectivity index (χ2n) is 9.66. The van der Waals surface area contributed by atoms with Gasteiger partial charge in [0.2, 0.25) is 5.91 Å². The van der Waals surface area contributed by atoms with Crippen molar-refractivity contribution in [1.29, 1.82) is 0 Å². The van der Waals surface area contributed by atoms with Crippen LogP contribution in [0.25, 0.3) is 0 Å². The van der Waals surface area contributed by atoms with Gasteiger partial charge in [-0.1, -0.05) is 0 Å². The number of carbonyl (C=O) groups excluding carboxylic acids is 2. The fourth-order valence-electron chi connectivity index (χ4n) is 5.52. The summed E-state index contributed by atoms with van der Waals surface area (Å²) in [6.45, 7) is 3.99. The highest BCUT2D eigenvalue weighted by atomic mass is 16.5. The van der Waals surface area contributed by atoms with Crippen LogP contribution < -0.4 is 20.7 Å². The second kappa shape index (κ2) is 8.74. The predicted octanol–water partition coefficient (Wildman–Crippen LogP) is 0.787. The molecule has 3 aliphatic heterocycles. The second-order valence-corrected chi connectivity index (χ2v) is 9.66. The number of carbonyl (C=O) groups is 2. The predicted molar refractivity (Wildman–Crippen MR) is 116 cm³/mol. The van der Waals surface area contributed by atoms with Crippen molar-refractivity contribution in [3.05, 3.63) is 24.0 Å². The van der Waals surface area contributed by atoms with Crippen molar-refractivity contribution < 1.29 is 14.3 Å². The Morgan fingerprint density at radius 2 is 2.13 bits per heavy atom. The van der Waals surface area contributed by atoms with Crippen LogP contribution >= 0.6 is 0 Å². The van der Waals surface area contributed by atoms with Crippen molar-refractivity contribution in [2.75, 3.05) is 33.2 Å². The Labute approximate surface area is 183 Å². The lowest BCUT2D eigenvalue weighted by Gasteiger charge is -2.43. The van der Waals surface area contributed by atoms with Crippen LogP contribution in [0.15, 0.2) is 18.3 Å². The summed E-state index contributed by atoms with van der Waals surface area (Å²) >= 11 is 0. The molecule has 168 valence electrons. The van der Waals surface area contributed by atoms with E-state index in [1.165, 1.54) is 12.8 Å². The number of hydrogen-bond donors (Lipinski definition) is 3. The first kappa shape index (κ1) is 20.7. The van der Waals surface area contributed by atoms with Crippen LogP contribution in [0.1, 0.15) is 42.6 Å². The first-order valence-corrected chi connectivity index (χ1v) is 11.7. The fourth-order valence-corrected chi connectivity index (χ4v) is 5.52. The number of nitrogens with one attached hydrogen (secondary N) is 3. The molecule has 3 N–H and O–H groups in total. The molecule has 0 bridgehead atoms. The van der Waals surface area contributed by atoms with Gasteiger partial charge in [0.25, 0.3) is 5.91 Å². The Hall–Kier alpha value is -2.19. The van der Waals surface area contributed by atoms with E-state index in [2.05, 4.69) is 25.8 Å². The van der Waals surface area contributed by atoms with Gasteiger partial charge in [0.1, 0.15) is 17.5 Å². The highest BCUT2D eigenvalue weighted by molar-refractivity contribution is 5.92. The van der Waals surface area contributed by atoms with Crippen molar-refractivity contribution in [3.63, 3.8) is 0 Å². The van der Waals surface area contributed by atoms with E-state index in [0.717, 1.165) is 45.4 Å². The molecule has 2 amide bonds. The molecule has 31 heavy (non-hydrogen) atoms. The zero-order valence-electron chi connectivity index (χ0n) is 18.2. The van der Waals surface area contributed by atoms with E-state index in [1.807, 2.05) is 6.07 Å². The SMILES string of the molecule is CNC(=O)c1ccc(O[C@@H]2CCN(CC3CNC4CC(C5CC5)C(=O)NC4C3)C2)cn1. The van der Waals surface area contributed by atoms with Crippen LogP contribution in [0.4, 0.5) is 0 Å². The summed E-state index contributed by atoms with van der Waals surface area (Å²) in [6.07, 6.45) is 7.29. The third-order valence-electron chi connectivity index (χ3n) is 7.35. The number of ether oxygens (including phenoxy) is 1. The van der Waals surface area contributed by atoms with Gasteiger partial charge in [0.15, 0.2) is 0 Å². The Morgan fingerprint density at radius 3 is 2.87 bits per heavy atom. The number of pyridine rings is 1. The molecule has 8 heteroatoms. The maximum Gasteiger partial charge on any atom is 0.269 e. The van der Waals surface area contributed by atoms with Crippen molar-refractivity contribution >= 4 is 11.8 Å². The number of fused-ring (bicyclic) bond motifs is 1. The summed E-state index contributed by atoms with van der Waals surface area (Å²) in [4.78, 5) is 30.7. The van der Waals surface area contributed by atoms with Gasteiger partial charge in [-0.3, -0.25) is 14.5 Å². The maximum absolute atomic E-state index is 12.5. The molecule has 4 aliphatic rings. The zero-order chi connectivity index (χ0) is 21.4. The standard InChI is InChI=1S/C23H33N5O3/c1-24-23(30)19-5-4-16(11-26-19)31-17-6-7-28(13-17)12-14-8-21-20(25-10-14)9-18(15-2-3-15)22(29)27-21/h4-5,11,14-15,17-18,20-21,25H,2-3,6-10,12-13H2,1H3,(H,24,30)(H,27,29)/t14?,17-,18?,20?,21?/m1/s1. The zero-order valence-corrected chi connectivity index (χ0v) is 18.2. The molecule has 5 atom stereocenters. The molecule has 0 radical (unpaired) electrons. The number of likely N-dealkylation sites (tertiary alicyclic amines) is 1. The Morgan fingerprint density at radius 1 is 1.26 bits per heavy atom. The molecular formula is C23H33N5O3. The number of rotatable bonds is 6. The highest BCUT2D eigenvalue weighted by Gasteiger charge is 2.45. The summed E-state index contributed by atoms with van der Waals surface area (Å²) in [6, 6.07) is 4.23. The van der Waals surface area contributed by atoms with Gasteiger partial charge in [-0.05, 0) is 62.6 Å². The van der Waals surface area contributed by atoms with Crippen LogP contribution in [0.2, 0.25) is 0 Å². The topological polar surface area (TPSA) is 95.6 Å². The Balaban J connectivity index is 1.08. The third kappa shape index (κ3) is 4.70. The maximum atomic E-state index is 12.5. The van der Waals surface area contributed by atoms with E-state index in [1.54, 1.807) is 19.3 Å². The van der Waals surface area contributed by atoms with Gasteiger partial charge >= 0.3 is 0 Å². The van der Waals surface area contributed by atoms with E-state index < -0.39 is 0 Å². The minimum Gasteiger partial charge on any atom is -0.487 e. The van der Waals surface area contributed by atoms with E-state index >= 15 is 0 Å². The van der Waals surface area contributed by atoms with Crippen LogP contribution in [0.5, 0.6) is 5.75 Å². The van der Waals surface area contributed by atoms with Crippen molar-refractivity contribution in [1.82, 2.24) is 25.8 Å². The molecule has 0 aromatic carbocycles. The van der Waals surface area contributed by atoms with Crippen LogP contribution in [-0.4, -0.2) is 73.1 Å². The number of piperidine rings is 2. The lowest BCUT2D eigenvalue weighted by molar-refractivity contribution is -0.130. The summed E-state index contributed by atoms with van der Waals surface area (Å²) in [7, 11) is 1.59. The molecule has 5 rings (SSSR count). The quantitative estimate of drug-likeness (QED) is 0.621. The Kier molecular flexibility index (Phi) is 5.84. The van der Waals surface area contributed by atoms with Crippen LogP contribution in [-0.2, 0) is 4.79 Å². The molecule has 4 unspecified atom stereocenters. The number of nitrogens with zero attached hydrogens (tertiary/aromatic N) is 2. The monoisotopic (exact) mass is 427 g/mol. The summed E-state index contributed by atoms with van der Waals surface area (Å²) in [5, 5.41) is 9.63. The normalized spacial score (nSPS) is 33.5. The fraction of sp³-hybridized carbons (Fsp3) is 0.696. The minimum atomic E-state index is -0.195. The van der Waals surface area contributed by atoms with Crippen molar-refractivity contribution in [2.24, 2.45) is 17.8 Å². The lowest BCUT2D eigenvalue weighted by Crippen LogP contribution is -2.62. The molecular weight excluding hydrogens is 394 g/mol. The van der Waals surface area contributed by atoms with Crippen LogP contribution in [0, 0.1) is 17.8 Å². The van der Waals surface area contributed by atoms with E-state index in [4.69, 9.17) is 4.74 Å². The summed E-state index contributed by atoms with van der Waals surface area (Å²) < 4.78 is 6.09. The smallest absolute Gasteiger partial charge is 0.269 e. The van der Waals surface area contributed by atoms with E-state index in [9.17, 15) is 9.59 Å². The highest BCUT2D eigenvalue weighted by Crippen LogP contribution is 2.41. The molecule has 4 fully saturated rings. The van der Waals surface area contributed by atoms with Gasteiger partial charge < -0.3 is 20.7 Å². The molecule has 4 heterocycles. The number of aromatic nitrogens is 1. The third-order valence-corrected chi connectivity index (χ3v) is 7.35. The first-order valence-electron chi connectivity index (χ1n) is 11.7. The first-order chi connectivity index (χ1) is 15.1. The Bertz CT molecular complexity index is 812. The van der Waals surface area contributed by atoms with Crippen molar-refractivity contribution in [2.45, 2.75) is 50.3 Å². The lowest BCUT2D eigenvalue weighted by atomic mass is 9.80. The minimum absolute atomic E-state index is 0.144. The molecule has 8 nitrogen and oxygen atoms in total. The molecule has 3 saturated heterocycles. The van der Waals surface area contributed by atoms with Gasteiger partial charge in [-0.2, -0.15) is 0 Å². The molecule has 1 aromatic rings. The summed E-state index contributed by atoms with van der Waals surface area (Å²) in [5.41, 5.74) is 0.393. The largest absolute Gasteiger partial charge is 0.487 e. The average Bonchev–Trinajstić information content (AvgIpc) is 3.53. The number of amides is 2. The van der Waals surface area contributed by atoms with Gasteiger partial charge in [0.05, 0.1) is 6.20 Å². The summed E-state index contributed by atoms with van der Waals surface area (Å²) in [5.74, 6) is 2.22. The van der Waals surface area contributed by atoms with Gasteiger partial charge in [-0.15, -0.1) is 0 Å². The van der Waals surface area contributed by atoms with Gasteiger partial charge in [0, 0.05) is 44.7 Å². The molecule has 0 spiro atoms. The van der Waals surface area contributed by atoms with E-state index in [0.29, 0.717) is 29.3 Å². The molecule has 1 aliphatic carbocycles. The molecule has 1 saturated carbocycles.